The van der Waals surface area contributed by atoms with E-state index >= 15 is 0 Å². The van der Waals surface area contributed by atoms with Gasteiger partial charge in [0.15, 0.2) is 0 Å². The first kappa shape index (κ1) is 17.0. The van der Waals surface area contributed by atoms with Crippen LogP contribution in [0.5, 0.6) is 5.75 Å². The zero-order chi connectivity index (χ0) is 17.4. The van der Waals surface area contributed by atoms with Gasteiger partial charge < -0.3 is 15.8 Å². The van der Waals surface area contributed by atoms with E-state index in [1.54, 1.807) is 37.5 Å². The molecule has 24 heavy (non-hydrogen) atoms. The number of carbonyl (C=O) groups is 2. The lowest BCUT2D eigenvalue weighted by atomic mass is 10.1. The summed E-state index contributed by atoms with van der Waals surface area (Å²) in [7, 11) is 1.57. The molecule has 0 atom stereocenters. The summed E-state index contributed by atoms with van der Waals surface area (Å²) in [6.07, 6.45) is 4.51. The van der Waals surface area contributed by atoms with Crippen LogP contribution < -0.4 is 15.8 Å². The predicted molar refractivity (Wildman–Crippen MR) is 93.8 cm³/mol. The fourth-order valence-electron chi connectivity index (χ4n) is 1.95. The minimum Gasteiger partial charge on any atom is -0.497 e. The molecule has 3 N–H and O–H groups in total. The monoisotopic (exact) mass is 322 g/mol. The molecule has 0 saturated carbocycles. The third kappa shape index (κ3) is 5.14. The van der Waals surface area contributed by atoms with Crippen LogP contribution >= 0.6 is 0 Å². The first-order valence-corrected chi connectivity index (χ1v) is 7.28. The summed E-state index contributed by atoms with van der Waals surface area (Å²) < 4.78 is 5.07. The molecule has 5 nitrogen and oxygen atoms in total. The molecule has 5 heteroatoms. The summed E-state index contributed by atoms with van der Waals surface area (Å²) in [5, 5.41) is 2.49. The molecule has 0 radical (unpaired) electrons. The molecule has 122 valence electrons. The Morgan fingerprint density at radius 2 is 1.67 bits per heavy atom. The van der Waals surface area contributed by atoms with Crippen molar-refractivity contribution in [2.75, 3.05) is 7.11 Å². The van der Waals surface area contributed by atoms with Gasteiger partial charge in [-0.05, 0) is 35.4 Å². The number of nitrogens with two attached hydrogens (primary N) is 1. The van der Waals surface area contributed by atoms with Crippen LogP contribution in [0.1, 0.15) is 11.1 Å². The van der Waals surface area contributed by atoms with E-state index < -0.39 is 11.8 Å². The molecule has 2 amide bonds. The summed E-state index contributed by atoms with van der Waals surface area (Å²) >= 11 is 0. The van der Waals surface area contributed by atoms with Gasteiger partial charge in [0.2, 0.25) is 5.91 Å². The van der Waals surface area contributed by atoms with E-state index in [2.05, 4.69) is 5.32 Å². The highest BCUT2D eigenvalue weighted by atomic mass is 16.5. The smallest absolute Gasteiger partial charge is 0.265 e. The minimum absolute atomic E-state index is 0.0166. The van der Waals surface area contributed by atoms with Gasteiger partial charge in [0.1, 0.15) is 11.4 Å². The topological polar surface area (TPSA) is 81.4 Å². The molecule has 0 aliphatic heterocycles. The SMILES string of the molecule is COc1ccc(/C=C(/NC(=O)/C=C/c2ccccc2)C(N)=O)cc1. The molecule has 0 bridgehead atoms. The lowest BCUT2D eigenvalue weighted by molar-refractivity contribution is -0.119. The van der Waals surface area contributed by atoms with Crippen molar-refractivity contribution in [2.24, 2.45) is 5.73 Å². The van der Waals surface area contributed by atoms with Crippen molar-refractivity contribution in [3.8, 4) is 5.75 Å². The number of nitrogens with one attached hydrogen (secondary N) is 1. The first-order chi connectivity index (χ1) is 11.6. The lowest BCUT2D eigenvalue weighted by Gasteiger charge is -2.05. The number of primary amides is 1. The number of amides is 2. The quantitative estimate of drug-likeness (QED) is 0.801. The molecular weight excluding hydrogens is 304 g/mol. The molecule has 0 aliphatic rings. The van der Waals surface area contributed by atoms with Crippen LogP contribution in [0.15, 0.2) is 66.4 Å². The Morgan fingerprint density at radius 3 is 2.25 bits per heavy atom. The van der Waals surface area contributed by atoms with Crippen LogP contribution in [0, 0.1) is 0 Å². The maximum Gasteiger partial charge on any atom is 0.265 e. The lowest BCUT2D eigenvalue weighted by Crippen LogP contribution is -2.29. The second kappa shape index (κ2) is 8.33. The molecule has 0 unspecified atom stereocenters. The molecule has 2 rings (SSSR count). The Kier molecular flexibility index (Phi) is 5.91. The third-order valence-electron chi connectivity index (χ3n) is 3.18. The fraction of sp³-hybridized carbons (Fsp3) is 0.0526. The predicted octanol–water partition coefficient (Wildman–Crippen LogP) is 2.35. The number of benzene rings is 2. The van der Waals surface area contributed by atoms with Crippen molar-refractivity contribution in [2.45, 2.75) is 0 Å². The largest absolute Gasteiger partial charge is 0.497 e. The van der Waals surface area contributed by atoms with E-state index in [1.807, 2.05) is 30.3 Å². The molecule has 2 aromatic rings. The zero-order valence-corrected chi connectivity index (χ0v) is 13.2. The number of ether oxygens (including phenoxy) is 1. The van der Waals surface area contributed by atoms with Gasteiger partial charge in [-0.25, -0.2) is 0 Å². The van der Waals surface area contributed by atoms with Crippen molar-refractivity contribution in [3.63, 3.8) is 0 Å². The van der Waals surface area contributed by atoms with Crippen molar-refractivity contribution >= 4 is 24.0 Å². The molecule has 0 spiro atoms. The first-order valence-electron chi connectivity index (χ1n) is 7.28. The fourth-order valence-corrected chi connectivity index (χ4v) is 1.95. The Labute approximate surface area is 140 Å². The number of carbonyl (C=O) groups excluding carboxylic acids is 2. The van der Waals surface area contributed by atoms with Gasteiger partial charge in [0, 0.05) is 6.08 Å². The normalized spacial score (nSPS) is 11.3. The average Bonchev–Trinajstić information content (AvgIpc) is 2.61. The van der Waals surface area contributed by atoms with Crippen molar-refractivity contribution in [1.82, 2.24) is 5.32 Å². The maximum absolute atomic E-state index is 12.0. The Hall–Kier alpha value is -3.34. The van der Waals surface area contributed by atoms with Crippen LogP contribution in [0.4, 0.5) is 0 Å². The summed E-state index contributed by atoms with van der Waals surface area (Å²) in [5.41, 5.74) is 6.94. The summed E-state index contributed by atoms with van der Waals surface area (Å²) in [6, 6.07) is 16.4. The van der Waals surface area contributed by atoms with Gasteiger partial charge in [0.25, 0.3) is 5.91 Å². The van der Waals surface area contributed by atoms with Gasteiger partial charge in [-0.15, -0.1) is 0 Å². The van der Waals surface area contributed by atoms with Crippen LogP contribution in [-0.2, 0) is 9.59 Å². The standard InChI is InChI=1S/C19H18N2O3/c1-24-16-10-7-15(8-11-16)13-17(19(20)23)21-18(22)12-9-14-5-3-2-4-6-14/h2-13H,1H3,(H2,20,23)(H,21,22)/b12-9+,17-13+. The van der Waals surface area contributed by atoms with Crippen molar-refractivity contribution < 1.29 is 14.3 Å². The highest BCUT2D eigenvalue weighted by Gasteiger charge is 2.08. The second-order valence-corrected chi connectivity index (χ2v) is 4.93. The van der Waals surface area contributed by atoms with E-state index in [9.17, 15) is 9.59 Å². The van der Waals surface area contributed by atoms with E-state index in [-0.39, 0.29) is 5.70 Å². The Bertz CT molecular complexity index is 763. The highest BCUT2D eigenvalue weighted by molar-refractivity contribution is 6.03. The number of hydrogen-bond donors (Lipinski definition) is 2. The van der Waals surface area contributed by atoms with E-state index in [1.165, 1.54) is 12.2 Å². The Morgan fingerprint density at radius 1 is 1.00 bits per heavy atom. The average molecular weight is 322 g/mol. The third-order valence-corrected chi connectivity index (χ3v) is 3.18. The molecule has 0 aliphatic carbocycles. The molecule has 0 aromatic heterocycles. The number of methoxy groups -OCH3 is 1. The van der Waals surface area contributed by atoms with Crippen molar-refractivity contribution in [3.05, 3.63) is 77.5 Å². The second-order valence-electron chi connectivity index (χ2n) is 4.93. The van der Waals surface area contributed by atoms with Crippen LogP contribution in [-0.4, -0.2) is 18.9 Å². The van der Waals surface area contributed by atoms with Gasteiger partial charge in [-0.2, -0.15) is 0 Å². The molecule has 0 saturated heterocycles. The van der Waals surface area contributed by atoms with E-state index in [4.69, 9.17) is 10.5 Å². The zero-order valence-electron chi connectivity index (χ0n) is 13.2. The highest BCUT2D eigenvalue weighted by Crippen LogP contribution is 2.13. The summed E-state index contributed by atoms with van der Waals surface area (Å²) in [4.78, 5) is 23.5. The van der Waals surface area contributed by atoms with Gasteiger partial charge in [-0.3, -0.25) is 9.59 Å². The molecule has 2 aromatic carbocycles. The van der Waals surface area contributed by atoms with E-state index in [0.717, 1.165) is 11.1 Å². The van der Waals surface area contributed by atoms with Crippen LogP contribution in [0.2, 0.25) is 0 Å². The molecular formula is C19H18N2O3. The number of rotatable bonds is 6. The van der Waals surface area contributed by atoms with Crippen LogP contribution in [0.3, 0.4) is 0 Å². The van der Waals surface area contributed by atoms with Gasteiger partial charge in [-0.1, -0.05) is 42.5 Å². The van der Waals surface area contributed by atoms with Gasteiger partial charge >= 0.3 is 0 Å². The summed E-state index contributed by atoms with van der Waals surface area (Å²) in [6.45, 7) is 0. The Balaban J connectivity index is 2.10. The molecule has 0 heterocycles. The van der Waals surface area contributed by atoms with Gasteiger partial charge in [0.05, 0.1) is 7.11 Å². The maximum atomic E-state index is 12.0. The number of hydrogen-bond acceptors (Lipinski definition) is 3. The van der Waals surface area contributed by atoms with Crippen molar-refractivity contribution in [1.29, 1.82) is 0 Å². The molecule has 0 fully saturated rings. The minimum atomic E-state index is -0.715. The van der Waals surface area contributed by atoms with Crippen LogP contribution in [0.25, 0.3) is 12.2 Å². The summed E-state index contributed by atoms with van der Waals surface area (Å²) in [5.74, 6) is -0.452. The van der Waals surface area contributed by atoms with E-state index in [0.29, 0.717) is 5.75 Å².